The maximum atomic E-state index is 14.0. The standard InChI is InChI=1S/C26H25N3O5S2/c1-4-11-28-17-9-6-5-8-16(17)20(23(28)30)22-24(31)29-21(18-10-7-14-35-18)19(15(2)27-26(29)36-22)25(32)34-13-12-33-3/h5-10,14,21H,4,11-13H2,1-3H3/b22-20-. The van der Waals surface area contributed by atoms with Crippen molar-refractivity contribution >= 4 is 45.8 Å². The molecule has 2 aliphatic rings. The molecule has 0 spiro atoms. The van der Waals surface area contributed by atoms with Crippen LogP contribution in [-0.2, 0) is 19.1 Å². The van der Waals surface area contributed by atoms with Crippen LogP contribution in [0.25, 0.3) is 5.57 Å². The molecule has 0 fully saturated rings. The summed E-state index contributed by atoms with van der Waals surface area (Å²) < 4.78 is 12.3. The van der Waals surface area contributed by atoms with E-state index in [0.29, 0.717) is 32.7 Å². The molecular weight excluding hydrogens is 498 g/mol. The number of fused-ring (bicyclic) bond motifs is 2. The van der Waals surface area contributed by atoms with Crippen LogP contribution in [0, 0.1) is 0 Å². The molecule has 8 nitrogen and oxygen atoms in total. The lowest BCUT2D eigenvalue weighted by Gasteiger charge is -2.23. The summed E-state index contributed by atoms with van der Waals surface area (Å²) in [7, 11) is 1.53. The lowest BCUT2D eigenvalue weighted by atomic mass is 10.0. The van der Waals surface area contributed by atoms with E-state index in [1.165, 1.54) is 34.4 Å². The number of carbonyl (C=O) groups is 2. The summed E-state index contributed by atoms with van der Waals surface area (Å²) in [6.45, 7) is 4.68. The van der Waals surface area contributed by atoms with Crippen molar-refractivity contribution < 1.29 is 19.1 Å². The van der Waals surface area contributed by atoms with Crippen molar-refractivity contribution in [2.45, 2.75) is 26.3 Å². The second kappa shape index (κ2) is 9.96. The Hall–Kier alpha value is -3.34. The highest BCUT2D eigenvalue weighted by atomic mass is 32.1. The van der Waals surface area contributed by atoms with E-state index in [2.05, 4.69) is 4.99 Å². The van der Waals surface area contributed by atoms with Gasteiger partial charge in [-0.05, 0) is 30.9 Å². The van der Waals surface area contributed by atoms with E-state index in [9.17, 15) is 14.4 Å². The molecule has 36 heavy (non-hydrogen) atoms. The fraction of sp³-hybridized carbons (Fsp3) is 0.308. The number of esters is 1. The number of carbonyl (C=O) groups excluding carboxylic acids is 2. The summed E-state index contributed by atoms with van der Waals surface area (Å²) in [5.41, 5.74) is 2.38. The first-order chi connectivity index (χ1) is 17.5. The van der Waals surface area contributed by atoms with E-state index in [1.54, 1.807) is 11.8 Å². The number of thiophene rings is 1. The van der Waals surface area contributed by atoms with Gasteiger partial charge in [-0.1, -0.05) is 42.5 Å². The van der Waals surface area contributed by atoms with E-state index in [0.717, 1.165) is 22.5 Å². The molecule has 4 heterocycles. The summed E-state index contributed by atoms with van der Waals surface area (Å²) in [5, 5.41) is 1.90. The van der Waals surface area contributed by atoms with Crippen LogP contribution in [0.2, 0.25) is 0 Å². The summed E-state index contributed by atoms with van der Waals surface area (Å²) in [6, 6.07) is 10.6. The number of hydrogen-bond acceptors (Lipinski definition) is 8. The average molecular weight is 524 g/mol. The third kappa shape index (κ3) is 3.95. The Labute approximate surface area is 215 Å². The lowest BCUT2D eigenvalue weighted by Crippen LogP contribution is -2.40. The van der Waals surface area contributed by atoms with Crippen molar-refractivity contribution in [1.29, 1.82) is 0 Å². The maximum absolute atomic E-state index is 14.0. The number of methoxy groups -OCH3 is 1. The topological polar surface area (TPSA) is 90.2 Å². The minimum atomic E-state index is -0.691. The van der Waals surface area contributed by atoms with Crippen LogP contribution < -0.4 is 19.8 Å². The maximum Gasteiger partial charge on any atom is 0.338 e. The van der Waals surface area contributed by atoms with Crippen LogP contribution in [0.15, 0.2) is 62.8 Å². The van der Waals surface area contributed by atoms with Gasteiger partial charge in [0.2, 0.25) is 0 Å². The van der Waals surface area contributed by atoms with Gasteiger partial charge in [0.15, 0.2) is 4.80 Å². The van der Waals surface area contributed by atoms with Gasteiger partial charge in [-0.25, -0.2) is 9.79 Å². The SMILES string of the molecule is CCCN1C(=O)/C(=c2\sc3n(c2=O)C(c2cccs2)C(C(=O)OCCOC)=C(C)N=3)c2ccccc21. The molecule has 5 rings (SSSR count). The summed E-state index contributed by atoms with van der Waals surface area (Å²) in [5.74, 6) is -0.730. The number of anilines is 1. The zero-order valence-electron chi connectivity index (χ0n) is 20.1. The van der Waals surface area contributed by atoms with Gasteiger partial charge in [-0.2, -0.15) is 0 Å². The first-order valence-corrected chi connectivity index (χ1v) is 13.3. The number of nitrogens with zero attached hydrogens (tertiary/aromatic N) is 3. The first-order valence-electron chi connectivity index (χ1n) is 11.6. The van der Waals surface area contributed by atoms with Crippen molar-refractivity contribution in [3.05, 3.63) is 83.2 Å². The van der Waals surface area contributed by atoms with Gasteiger partial charge in [-0.3, -0.25) is 14.2 Å². The molecule has 3 aromatic rings. The number of amides is 1. The molecule has 10 heteroatoms. The quantitative estimate of drug-likeness (QED) is 0.351. The Morgan fingerprint density at radius 2 is 1.94 bits per heavy atom. The molecule has 0 radical (unpaired) electrons. The van der Waals surface area contributed by atoms with Gasteiger partial charge in [0.05, 0.1) is 29.1 Å². The first kappa shape index (κ1) is 24.4. The van der Waals surface area contributed by atoms with Gasteiger partial charge < -0.3 is 14.4 Å². The number of thiazole rings is 1. The number of allylic oxidation sites excluding steroid dienone is 1. The van der Waals surface area contributed by atoms with Gasteiger partial charge in [-0.15, -0.1) is 11.3 Å². The van der Waals surface area contributed by atoms with Crippen molar-refractivity contribution in [1.82, 2.24) is 4.57 Å². The zero-order valence-corrected chi connectivity index (χ0v) is 21.8. The Kier molecular flexibility index (Phi) is 6.74. The Balaban J connectivity index is 1.73. The number of hydrogen-bond donors (Lipinski definition) is 0. The highest BCUT2D eigenvalue weighted by Gasteiger charge is 2.37. The van der Waals surface area contributed by atoms with Crippen molar-refractivity contribution in [3.8, 4) is 0 Å². The summed E-state index contributed by atoms with van der Waals surface area (Å²) in [6.07, 6.45) is 0.792. The molecule has 1 atom stereocenters. The van der Waals surface area contributed by atoms with E-state index in [1.807, 2.05) is 48.7 Å². The van der Waals surface area contributed by atoms with Gasteiger partial charge >= 0.3 is 5.97 Å². The molecule has 1 amide bonds. The van der Waals surface area contributed by atoms with Crippen LogP contribution in [-0.4, -0.2) is 43.3 Å². The number of benzene rings is 1. The van der Waals surface area contributed by atoms with E-state index in [4.69, 9.17) is 9.47 Å². The Morgan fingerprint density at radius 1 is 1.14 bits per heavy atom. The molecular formula is C26H25N3O5S2. The number of aromatic nitrogens is 1. The Bertz CT molecular complexity index is 1550. The number of rotatable bonds is 7. The van der Waals surface area contributed by atoms with E-state index in [-0.39, 0.29) is 24.7 Å². The fourth-order valence-electron chi connectivity index (χ4n) is 4.59. The lowest BCUT2D eigenvalue weighted by molar-refractivity contribution is -0.140. The number of para-hydroxylation sites is 1. The molecule has 0 saturated heterocycles. The highest BCUT2D eigenvalue weighted by molar-refractivity contribution is 7.10. The molecule has 2 aromatic heterocycles. The fourth-order valence-corrected chi connectivity index (χ4v) is 6.55. The highest BCUT2D eigenvalue weighted by Crippen LogP contribution is 2.36. The zero-order chi connectivity index (χ0) is 25.4. The molecule has 0 aliphatic carbocycles. The van der Waals surface area contributed by atoms with Crippen molar-refractivity contribution in [2.24, 2.45) is 4.99 Å². The third-order valence-electron chi connectivity index (χ3n) is 6.15. The largest absolute Gasteiger partial charge is 0.460 e. The van der Waals surface area contributed by atoms with Gasteiger partial charge in [0.1, 0.15) is 17.2 Å². The predicted octanol–water partition coefficient (Wildman–Crippen LogP) is 2.61. The van der Waals surface area contributed by atoms with Gasteiger partial charge in [0, 0.05) is 24.1 Å². The molecule has 186 valence electrons. The summed E-state index contributed by atoms with van der Waals surface area (Å²) in [4.78, 5) is 48.3. The summed E-state index contributed by atoms with van der Waals surface area (Å²) >= 11 is 2.63. The van der Waals surface area contributed by atoms with E-state index >= 15 is 0 Å². The smallest absolute Gasteiger partial charge is 0.338 e. The monoisotopic (exact) mass is 523 g/mol. The van der Waals surface area contributed by atoms with Crippen LogP contribution in [0.4, 0.5) is 5.69 Å². The Morgan fingerprint density at radius 3 is 2.67 bits per heavy atom. The molecule has 2 aliphatic heterocycles. The minimum absolute atomic E-state index is 0.0936. The van der Waals surface area contributed by atoms with Crippen LogP contribution >= 0.6 is 22.7 Å². The molecule has 0 N–H and O–H groups in total. The van der Waals surface area contributed by atoms with E-state index < -0.39 is 12.0 Å². The predicted molar refractivity (Wildman–Crippen MR) is 139 cm³/mol. The second-order valence-corrected chi connectivity index (χ2v) is 10.4. The molecule has 1 aromatic carbocycles. The minimum Gasteiger partial charge on any atom is -0.460 e. The van der Waals surface area contributed by atoms with Crippen LogP contribution in [0.3, 0.4) is 0 Å². The molecule has 0 saturated carbocycles. The normalized spacial score (nSPS) is 18.2. The van der Waals surface area contributed by atoms with Crippen LogP contribution in [0.5, 0.6) is 0 Å². The molecule has 0 bridgehead atoms. The van der Waals surface area contributed by atoms with Crippen LogP contribution in [0.1, 0.15) is 36.8 Å². The molecule has 1 unspecified atom stereocenters. The second-order valence-electron chi connectivity index (χ2n) is 8.40. The average Bonchev–Trinajstić information content (AvgIpc) is 3.57. The van der Waals surface area contributed by atoms with Crippen molar-refractivity contribution in [3.63, 3.8) is 0 Å². The third-order valence-corrected chi connectivity index (χ3v) is 8.13. The van der Waals surface area contributed by atoms with Crippen molar-refractivity contribution in [2.75, 3.05) is 31.8 Å². The van der Waals surface area contributed by atoms with Gasteiger partial charge in [0.25, 0.3) is 11.5 Å². The number of ether oxygens (including phenoxy) is 2.